The van der Waals surface area contributed by atoms with E-state index < -0.39 is 34.7 Å². The molecule has 29 heavy (non-hydrogen) atoms. The van der Waals surface area contributed by atoms with Crippen molar-refractivity contribution in [2.45, 2.75) is 50.3 Å². The van der Waals surface area contributed by atoms with Gasteiger partial charge in [-0.2, -0.15) is 0 Å². The third-order valence-corrected chi connectivity index (χ3v) is 7.53. The zero-order valence-corrected chi connectivity index (χ0v) is 17.8. The van der Waals surface area contributed by atoms with Crippen LogP contribution in [0.1, 0.15) is 43.4 Å². The van der Waals surface area contributed by atoms with Gasteiger partial charge in [-0.25, -0.2) is 14.6 Å². The molecule has 1 aliphatic heterocycles. The number of aliphatic carboxylic acids is 2. The number of aryl methyl sites for hydroxylation is 2. The molecule has 2 rings (SSSR count). The van der Waals surface area contributed by atoms with E-state index in [9.17, 15) is 14.4 Å². The largest absolute Gasteiger partial charge is 0.478 e. The van der Waals surface area contributed by atoms with Crippen LogP contribution in [0.15, 0.2) is 23.8 Å². The minimum Gasteiger partial charge on any atom is -0.478 e. The first-order valence-electron chi connectivity index (χ1n) is 9.20. The zero-order chi connectivity index (χ0) is 21.4. The van der Waals surface area contributed by atoms with E-state index in [0.29, 0.717) is 11.9 Å². The van der Waals surface area contributed by atoms with Crippen molar-refractivity contribution in [1.29, 1.82) is 0 Å². The van der Waals surface area contributed by atoms with E-state index in [4.69, 9.17) is 15.9 Å². The number of rotatable bonds is 10. The highest BCUT2D eigenvalue weighted by atomic mass is 33.1. The van der Waals surface area contributed by atoms with Gasteiger partial charge in [-0.05, 0) is 56.7 Å². The zero-order valence-electron chi connectivity index (χ0n) is 16.1. The third-order valence-electron chi connectivity index (χ3n) is 4.40. The molecule has 1 amide bonds. The summed E-state index contributed by atoms with van der Waals surface area (Å²) in [5.74, 6) is -1.88. The van der Waals surface area contributed by atoms with Crippen molar-refractivity contribution in [1.82, 2.24) is 10.3 Å². The lowest BCUT2D eigenvalue weighted by molar-refractivity contribution is -0.136. The number of amides is 1. The van der Waals surface area contributed by atoms with Crippen LogP contribution >= 0.6 is 21.6 Å². The second-order valence-electron chi connectivity index (χ2n) is 6.96. The van der Waals surface area contributed by atoms with Gasteiger partial charge >= 0.3 is 11.9 Å². The van der Waals surface area contributed by atoms with E-state index >= 15 is 0 Å². The maximum Gasteiger partial charge on any atom is 0.332 e. The number of nitrogens with zero attached hydrogens (tertiary/aromatic N) is 1. The molecule has 1 unspecified atom stereocenters. The fourth-order valence-electron chi connectivity index (χ4n) is 3.14. The number of nitrogens with two attached hydrogens (primary N) is 1. The van der Waals surface area contributed by atoms with Crippen molar-refractivity contribution in [2.75, 3.05) is 11.5 Å². The second-order valence-corrected chi connectivity index (χ2v) is 9.75. The Bertz CT molecular complexity index is 787. The average Bonchev–Trinajstić information content (AvgIpc) is 3.05. The van der Waals surface area contributed by atoms with E-state index in [2.05, 4.69) is 10.3 Å². The monoisotopic (exact) mass is 439 g/mol. The minimum absolute atomic E-state index is 0.441. The number of pyridine rings is 1. The molecule has 1 saturated heterocycles. The molecule has 158 valence electrons. The standard InChI is InChI=1S/C19H25N3O5S2/c1-12-8-14(21-15(20)9-12)4-2-3-5-19(6-7-28-29-19)22-16(23)10-13(18(26)27)11-17(24)25/h8-9,11H,2-7,10H2,1H3,(H2,20,21)(H,22,23)(H,24,25)(H,26,27)/b13-11+. The highest BCUT2D eigenvalue weighted by molar-refractivity contribution is 8.77. The second kappa shape index (κ2) is 10.5. The van der Waals surface area contributed by atoms with Crippen molar-refractivity contribution < 1.29 is 24.6 Å². The van der Waals surface area contributed by atoms with Crippen LogP contribution in [0.25, 0.3) is 0 Å². The van der Waals surface area contributed by atoms with Gasteiger partial charge in [0.15, 0.2) is 0 Å². The van der Waals surface area contributed by atoms with Gasteiger partial charge in [-0.1, -0.05) is 21.6 Å². The summed E-state index contributed by atoms with van der Waals surface area (Å²) in [5, 5.41) is 20.8. The summed E-state index contributed by atoms with van der Waals surface area (Å²) in [6.07, 6.45) is 4.14. The van der Waals surface area contributed by atoms with Gasteiger partial charge in [0.05, 0.1) is 16.9 Å². The molecule has 8 nitrogen and oxygen atoms in total. The number of carboxylic acid groups (broad SMARTS) is 2. The number of aromatic nitrogens is 1. The van der Waals surface area contributed by atoms with Crippen LogP contribution in [0, 0.1) is 6.92 Å². The van der Waals surface area contributed by atoms with Crippen LogP contribution in [0.2, 0.25) is 0 Å². The molecule has 0 bridgehead atoms. The van der Waals surface area contributed by atoms with Gasteiger partial charge in [0, 0.05) is 17.5 Å². The van der Waals surface area contributed by atoms with Crippen molar-refractivity contribution in [3.8, 4) is 0 Å². The fourth-order valence-corrected chi connectivity index (χ4v) is 6.38. The summed E-state index contributed by atoms with van der Waals surface area (Å²) in [5.41, 5.74) is 7.36. The quantitative estimate of drug-likeness (QED) is 0.246. The summed E-state index contributed by atoms with van der Waals surface area (Å²) >= 11 is 0. The van der Waals surface area contributed by atoms with Crippen molar-refractivity contribution >= 4 is 45.3 Å². The maximum absolute atomic E-state index is 12.4. The first kappa shape index (κ1) is 23.1. The number of hydrogen-bond acceptors (Lipinski definition) is 7. The molecule has 5 N–H and O–H groups in total. The molecule has 10 heteroatoms. The lowest BCUT2D eigenvalue weighted by Gasteiger charge is -2.28. The average molecular weight is 440 g/mol. The highest BCUT2D eigenvalue weighted by Crippen LogP contribution is 2.47. The number of anilines is 1. The van der Waals surface area contributed by atoms with Gasteiger partial charge < -0.3 is 21.3 Å². The summed E-state index contributed by atoms with van der Waals surface area (Å²) in [6.45, 7) is 1.97. The minimum atomic E-state index is -1.41. The van der Waals surface area contributed by atoms with Crippen molar-refractivity contribution in [3.63, 3.8) is 0 Å². The van der Waals surface area contributed by atoms with E-state index in [1.165, 1.54) is 0 Å². The van der Waals surface area contributed by atoms with E-state index in [1.807, 2.05) is 19.1 Å². The Kier molecular flexibility index (Phi) is 8.39. The topological polar surface area (TPSA) is 143 Å². The van der Waals surface area contributed by atoms with Gasteiger partial charge in [0.2, 0.25) is 5.91 Å². The molecule has 0 radical (unpaired) electrons. The molecule has 2 heterocycles. The first-order valence-corrected chi connectivity index (χ1v) is 11.5. The molecule has 0 aromatic carbocycles. The van der Waals surface area contributed by atoms with Crippen LogP contribution in [0.5, 0.6) is 0 Å². The molecule has 1 aromatic rings. The molecule has 1 atom stereocenters. The van der Waals surface area contributed by atoms with E-state index in [0.717, 1.165) is 49.1 Å². The molecule has 0 aliphatic carbocycles. The van der Waals surface area contributed by atoms with Crippen LogP contribution in [-0.2, 0) is 20.8 Å². The number of nitrogen functional groups attached to an aromatic ring is 1. The smallest absolute Gasteiger partial charge is 0.332 e. The predicted molar refractivity (Wildman–Crippen MR) is 114 cm³/mol. The summed E-state index contributed by atoms with van der Waals surface area (Å²) < 4.78 is 0. The fraction of sp³-hybridized carbons (Fsp3) is 0.474. The predicted octanol–water partition coefficient (Wildman–Crippen LogP) is 2.77. The van der Waals surface area contributed by atoms with E-state index in [1.54, 1.807) is 21.6 Å². The third kappa shape index (κ3) is 7.62. The van der Waals surface area contributed by atoms with Crippen LogP contribution < -0.4 is 11.1 Å². The summed E-state index contributed by atoms with van der Waals surface area (Å²) in [7, 11) is 3.25. The summed E-state index contributed by atoms with van der Waals surface area (Å²) in [6, 6.07) is 3.83. The molecule has 1 fully saturated rings. The van der Waals surface area contributed by atoms with Crippen LogP contribution in [-0.4, -0.2) is 43.7 Å². The van der Waals surface area contributed by atoms with Gasteiger partial charge in [0.1, 0.15) is 5.82 Å². The summed E-state index contributed by atoms with van der Waals surface area (Å²) in [4.78, 5) is 38.1. The van der Waals surface area contributed by atoms with Gasteiger partial charge in [0.25, 0.3) is 0 Å². The Balaban J connectivity index is 1.91. The lowest BCUT2D eigenvalue weighted by Crippen LogP contribution is -2.44. The van der Waals surface area contributed by atoms with Crippen LogP contribution in [0.4, 0.5) is 5.82 Å². The van der Waals surface area contributed by atoms with Crippen molar-refractivity contribution in [3.05, 3.63) is 35.0 Å². The molecule has 1 aliphatic rings. The molecule has 1 aromatic heterocycles. The molecular formula is C19H25N3O5S2. The first-order chi connectivity index (χ1) is 13.7. The number of unbranched alkanes of at least 4 members (excludes halogenated alkanes) is 1. The SMILES string of the molecule is Cc1cc(N)nc(CCCCC2(NC(=O)C/C(=C\C(=O)O)C(=O)O)CCSS2)c1. The molecular weight excluding hydrogens is 414 g/mol. The number of nitrogens with one attached hydrogen (secondary N) is 1. The number of carbonyl (C=O) groups excluding carboxylic acids is 1. The van der Waals surface area contributed by atoms with E-state index in [-0.39, 0.29) is 0 Å². The Morgan fingerprint density at radius 2 is 2.07 bits per heavy atom. The Morgan fingerprint density at radius 1 is 1.31 bits per heavy atom. The maximum atomic E-state index is 12.4. The Hall–Kier alpha value is -2.20. The molecule has 0 saturated carbocycles. The number of carbonyl (C=O) groups is 3. The number of hydrogen-bond donors (Lipinski definition) is 4. The lowest BCUT2D eigenvalue weighted by atomic mass is 10.0. The molecule has 0 spiro atoms. The van der Waals surface area contributed by atoms with Gasteiger partial charge in [-0.15, -0.1) is 0 Å². The number of carboxylic acids is 2. The normalized spacial score (nSPS) is 19.1. The Morgan fingerprint density at radius 3 is 2.66 bits per heavy atom. The Labute approximate surface area is 177 Å². The highest BCUT2D eigenvalue weighted by Gasteiger charge is 2.36. The van der Waals surface area contributed by atoms with Gasteiger partial charge in [-0.3, -0.25) is 4.79 Å². The van der Waals surface area contributed by atoms with Crippen molar-refractivity contribution in [2.24, 2.45) is 0 Å². The van der Waals surface area contributed by atoms with Crippen LogP contribution in [0.3, 0.4) is 0 Å².